The van der Waals surface area contributed by atoms with Crippen LogP contribution in [0.25, 0.3) is 10.9 Å². The Kier molecular flexibility index (Phi) is 5.32. The summed E-state index contributed by atoms with van der Waals surface area (Å²) in [6, 6.07) is 18.4. The second-order valence-electron chi connectivity index (χ2n) is 7.38. The molecule has 0 radical (unpaired) electrons. The summed E-state index contributed by atoms with van der Waals surface area (Å²) in [5.74, 6) is 0.228. The summed E-state index contributed by atoms with van der Waals surface area (Å²) in [6.07, 6.45) is 6.18. The van der Waals surface area contributed by atoms with Gasteiger partial charge in [0.25, 0.3) is 0 Å². The molecule has 2 aromatic carbocycles. The lowest BCUT2D eigenvalue weighted by Crippen LogP contribution is -2.38. The van der Waals surface area contributed by atoms with Crippen LogP contribution in [0, 0.1) is 0 Å². The monoisotopic (exact) mass is 382 g/mol. The van der Waals surface area contributed by atoms with E-state index >= 15 is 0 Å². The Morgan fingerprint density at radius 1 is 1.04 bits per heavy atom. The van der Waals surface area contributed by atoms with Gasteiger partial charge in [-0.3, -0.25) is 0 Å². The van der Waals surface area contributed by atoms with E-state index in [1.165, 1.54) is 16.5 Å². The van der Waals surface area contributed by atoms with Gasteiger partial charge in [-0.1, -0.05) is 48.5 Å². The largest absolute Gasteiger partial charge is 0.361 e. The molecular formula is C22H26N2O2S. The van der Waals surface area contributed by atoms with Crippen LogP contribution < -0.4 is 0 Å². The van der Waals surface area contributed by atoms with Crippen LogP contribution >= 0.6 is 0 Å². The molecule has 142 valence electrons. The zero-order valence-corrected chi connectivity index (χ0v) is 16.3. The van der Waals surface area contributed by atoms with Crippen molar-refractivity contribution < 1.29 is 8.42 Å². The van der Waals surface area contributed by atoms with Gasteiger partial charge in [-0.15, -0.1) is 0 Å². The van der Waals surface area contributed by atoms with Crippen molar-refractivity contribution >= 4 is 20.9 Å². The maximum Gasteiger partial charge on any atom is 0.214 e. The maximum absolute atomic E-state index is 12.9. The Morgan fingerprint density at radius 3 is 2.67 bits per heavy atom. The van der Waals surface area contributed by atoms with E-state index in [1.54, 1.807) is 4.31 Å². The predicted octanol–water partition coefficient (Wildman–Crippen LogP) is 4.14. The summed E-state index contributed by atoms with van der Waals surface area (Å²) in [5, 5.41) is 1.20. The summed E-state index contributed by atoms with van der Waals surface area (Å²) in [6.45, 7) is 0.653. The highest BCUT2D eigenvalue weighted by Crippen LogP contribution is 2.28. The van der Waals surface area contributed by atoms with Crippen LogP contribution in [0.4, 0.5) is 0 Å². The fraction of sp³-hybridized carbons (Fsp3) is 0.364. The molecule has 0 spiro atoms. The lowest BCUT2D eigenvalue weighted by molar-refractivity contribution is 0.385. The lowest BCUT2D eigenvalue weighted by Gasteiger charge is -2.24. The molecule has 0 bridgehead atoms. The quantitative estimate of drug-likeness (QED) is 0.668. The van der Waals surface area contributed by atoms with Crippen molar-refractivity contribution in [2.75, 3.05) is 12.3 Å². The molecule has 0 saturated carbocycles. The van der Waals surface area contributed by atoms with Gasteiger partial charge in [0.05, 0.1) is 5.75 Å². The van der Waals surface area contributed by atoms with Crippen molar-refractivity contribution in [3.8, 4) is 0 Å². The van der Waals surface area contributed by atoms with Crippen LogP contribution in [0.3, 0.4) is 0 Å². The number of fused-ring (bicyclic) bond motifs is 1. The van der Waals surface area contributed by atoms with Crippen molar-refractivity contribution in [1.29, 1.82) is 0 Å². The fourth-order valence-corrected chi connectivity index (χ4v) is 5.94. The summed E-state index contributed by atoms with van der Waals surface area (Å²) < 4.78 is 27.7. The first-order valence-electron chi connectivity index (χ1n) is 9.72. The third kappa shape index (κ3) is 4.09. The fourth-order valence-electron chi connectivity index (χ4n) is 4.15. The first kappa shape index (κ1) is 18.3. The minimum absolute atomic E-state index is 0.0749. The molecule has 1 unspecified atom stereocenters. The maximum atomic E-state index is 12.9. The van der Waals surface area contributed by atoms with Crippen molar-refractivity contribution in [1.82, 2.24) is 9.29 Å². The standard InChI is InChI=1S/C22H26N2O2S/c25-27(26,15-7-10-18-8-2-1-3-9-18)24-14-6-11-20(24)16-19-17-23-22-13-5-4-12-21(19)22/h1-5,8-9,12-13,17,20,23H,6-7,10-11,14-16H2. The van der Waals surface area contributed by atoms with Gasteiger partial charge in [-0.05, 0) is 49.3 Å². The number of hydrogen-bond acceptors (Lipinski definition) is 2. The second kappa shape index (κ2) is 7.87. The minimum Gasteiger partial charge on any atom is -0.361 e. The van der Waals surface area contributed by atoms with E-state index in [0.29, 0.717) is 13.0 Å². The molecule has 0 amide bonds. The number of nitrogens with one attached hydrogen (secondary N) is 1. The summed E-state index contributed by atoms with van der Waals surface area (Å²) >= 11 is 0. The van der Waals surface area contributed by atoms with Crippen LogP contribution in [0.2, 0.25) is 0 Å². The number of sulfonamides is 1. The van der Waals surface area contributed by atoms with Crippen LogP contribution in [-0.2, 0) is 22.9 Å². The van der Waals surface area contributed by atoms with Crippen molar-refractivity contribution in [3.05, 3.63) is 71.9 Å². The number of aromatic amines is 1. The average Bonchev–Trinajstić information content (AvgIpc) is 3.31. The number of aryl methyl sites for hydroxylation is 1. The van der Waals surface area contributed by atoms with E-state index < -0.39 is 10.0 Å². The molecule has 1 atom stereocenters. The zero-order chi connectivity index (χ0) is 18.7. The van der Waals surface area contributed by atoms with E-state index in [4.69, 9.17) is 0 Å². The number of benzene rings is 2. The van der Waals surface area contributed by atoms with Gasteiger partial charge in [-0.25, -0.2) is 8.42 Å². The Labute approximate surface area is 161 Å². The van der Waals surface area contributed by atoms with Gasteiger partial charge in [-0.2, -0.15) is 4.31 Å². The molecule has 1 aromatic heterocycles. The summed E-state index contributed by atoms with van der Waals surface area (Å²) in [7, 11) is -3.21. The van der Waals surface area contributed by atoms with Gasteiger partial charge < -0.3 is 4.98 Å². The van der Waals surface area contributed by atoms with Gasteiger partial charge in [0.2, 0.25) is 10.0 Å². The van der Waals surface area contributed by atoms with Gasteiger partial charge >= 0.3 is 0 Å². The van der Waals surface area contributed by atoms with Crippen molar-refractivity contribution in [3.63, 3.8) is 0 Å². The van der Waals surface area contributed by atoms with Crippen LogP contribution in [0.1, 0.15) is 30.4 Å². The van der Waals surface area contributed by atoms with Gasteiger partial charge in [0.1, 0.15) is 0 Å². The normalized spacial score (nSPS) is 18.3. The van der Waals surface area contributed by atoms with E-state index in [-0.39, 0.29) is 11.8 Å². The van der Waals surface area contributed by atoms with E-state index in [9.17, 15) is 8.42 Å². The van der Waals surface area contributed by atoms with Gasteiger partial charge in [0, 0.05) is 29.7 Å². The SMILES string of the molecule is O=S(=O)(CCCc1ccccc1)N1CCCC1Cc1c[nH]c2ccccc12. The molecule has 4 rings (SSSR count). The number of para-hydroxylation sites is 1. The smallest absolute Gasteiger partial charge is 0.214 e. The molecule has 4 nitrogen and oxygen atoms in total. The molecule has 1 saturated heterocycles. The predicted molar refractivity (Wildman–Crippen MR) is 110 cm³/mol. The molecule has 27 heavy (non-hydrogen) atoms. The van der Waals surface area contributed by atoms with Crippen molar-refractivity contribution in [2.24, 2.45) is 0 Å². The lowest BCUT2D eigenvalue weighted by atomic mass is 10.0. The molecule has 1 fully saturated rings. The highest BCUT2D eigenvalue weighted by molar-refractivity contribution is 7.89. The highest BCUT2D eigenvalue weighted by Gasteiger charge is 2.34. The first-order valence-corrected chi connectivity index (χ1v) is 11.3. The van der Waals surface area contributed by atoms with Crippen LogP contribution in [0.15, 0.2) is 60.8 Å². The number of nitrogens with zero attached hydrogens (tertiary/aromatic N) is 1. The third-order valence-electron chi connectivity index (χ3n) is 5.52. The summed E-state index contributed by atoms with van der Waals surface area (Å²) in [5.41, 5.74) is 3.52. The molecule has 0 aliphatic carbocycles. The average molecular weight is 383 g/mol. The molecular weight excluding hydrogens is 356 g/mol. The minimum atomic E-state index is -3.21. The topological polar surface area (TPSA) is 53.2 Å². The van der Waals surface area contributed by atoms with Crippen molar-refractivity contribution in [2.45, 2.75) is 38.1 Å². The molecule has 1 N–H and O–H groups in total. The Balaban J connectivity index is 1.42. The second-order valence-corrected chi connectivity index (χ2v) is 9.42. The van der Waals surface area contributed by atoms with Crippen LogP contribution in [0.5, 0.6) is 0 Å². The molecule has 5 heteroatoms. The third-order valence-corrected chi connectivity index (χ3v) is 7.52. The number of rotatable bonds is 7. The molecule has 1 aliphatic rings. The highest BCUT2D eigenvalue weighted by atomic mass is 32.2. The molecule has 1 aliphatic heterocycles. The molecule has 3 aromatic rings. The van der Waals surface area contributed by atoms with E-state index in [0.717, 1.165) is 31.2 Å². The summed E-state index contributed by atoms with van der Waals surface area (Å²) in [4.78, 5) is 3.30. The Morgan fingerprint density at radius 2 is 1.81 bits per heavy atom. The Bertz CT molecular complexity index is 995. The van der Waals surface area contributed by atoms with Gasteiger partial charge in [0.15, 0.2) is 0 Å². The van der Waals surface area contributed by atoms with E-state index in [2.05, 4.69) is 29.2 Å². The number of H-pyrrole nitrogens is 1. The first-order chi connectivity index (χ1) is 13.1. The number of aromatic nitrogens is 1. The Hall–Kier alpha value is -2.11. The molecule has 2 heterocycles. The van der Waals surface area contributed by atoms with Crippen LogP contribution in [-0.4, -0.2) is 36.0 Å². The zero-order valence-electron chi connectivity index (χ0n) is 15.5. The number of hydrogen-bond donors (Lipinski definition) is 1. The van der Waals surface area contributed by atoms with E-state index in [1.807, 2.05) is 36.5 Å².